The average Bonchev–Trinajstić information content (AvgIpc) is 2.34. The van der Waals surface area contributed by atoms with Crippen LogP contribution in [-0.4, -0.2) is 18.2 Å². The lowest BCUT2D eigenvalue weighted by molar-refractivity contribution is 0.0956. The quantitative estimate of drug-likeness (QED) is 0.752. The molecule has 0 bridgehead atoms. The van der Waals surface area contributed by atoms with E-state index in [4.69, 9.17) is 0 Å². The molecule has 0 aromatic heterocycles. The van der Waals surface area contributed by atoms with Crippen molar-refractivity contribution in [2.24, 2.45) is 0 Å². The topological polar surface area (TPSA) is 29.1 Å². The van der Waals surface area contributed by atoms with Gasteiger partial charge in [-0.25, -0.2) is 0 Å². The summed E-state index contributed by atoms with van der Waals surface area (Å²) in [7, 11) is 0. The Balaban J connectivity index is 3.07. The number of hydrogen-bond donors (Lipinski definition) is 2. The van der Waals surface area contributed by atoms with Crippen LogP contribution in [0.3, 0.4) is 0 Å². The number of benzene rings is 1. The second kappa shape index (κ2) is 6.18. The van der Waals surface area contributed by atoms with Gasteiger partial charge >= 0.3 is 0 Å². The van der Waals surface area contributed by atoms with E-state index in [9.17, 15) is 4.79 Å². The fourth-order valence-electron chi connectivity index (χ4n) is 1.45. The maximum atomic E-state index is 11.8. The van der Waals surface area contributed by atoms with E-state index in [0.29, 0.717) is 17.9 Å². The van der Waals surface area contributed by atoms with Gasteiger partial charge in [-0.2, -0.15) is 12.6 Å². The van der Waals surface area contributed by atoms with Crippen LogP contribution in [0.1, 0.15) is 21.5 Å². The minimum absolute atomic E-state index is 0.104. The van der Waals surface area contributed by atoms with Crippen LogP contribution in [0.5, 0.6) is 0 Å². The van der Waals surface area contributed by atoms with Crippen molar-refractivity contribution in [2.75, 3.05) is 12.3 Å². The summed E-state index contributed by atoms with van der Waals surface area (Å²) in [5.74, 6) is 0.517. The van der Waals surface area contributed by atoms with Gasteiger partial charge in [0, 0.05) is 17.9 Å². The smallest absolute Gasteiger partial charge is 0.251 e. The molecular formula is C13H15NOS. The summed E-state index contributed by atoms with van der Waals surface area (Å²) >= 11 is 4.04. The van der Waals surface area contributed by atoms with Crippen molar-refractivity contribution in [3.05, 3.63) is 48.0 Å². The SMILES string of the molecule is C=Cc1cccc(C(=O)NCCS)c1C=C. The van der Waals surface area contributed by atoms with Gasteiger partial charge in [-0.15, -0.1) is 0 Å². The average molecular weight is 233 g/mol. The molecule has 2 nitrogen and oxygen atoms in total. The van der Waals surface area contributed by atoms with Crippen LogP contribution in [-0.2, 0) is 0 Å². The number of hydrogen-bond acceptors (Lipinski definition) is 2. The lowest BCUT2D eigenvalue weighted by Crippen LogP contribution is -2.26. The largest absolute Gasteiger partial charge is 0.351 e. The van der Waals surface area contributed by atoms with Gasteiger partial charge in [-0.3, -0.25) is 4.79 Å². The summed E-state index contributed by atoms with van der Waals surface area (Å²) in [5.41, 5.74) is 2.34. The Morgan fingerprint density at radius 1 is 1.38 bits per heavy atom. The molecule has 1 aromatic carbocycles. The molecule has 0 radical (unpaired) electrons. The third kappa shape index (κ3) is 2.76. The molecule has 0 heterocycles. The molecule has 0 aliphatic heterocycles. The molecule has 16 heavy (non-hydrogen) atoms. The van der Waals surface area contributed by atoms with E-state index in [2.05, 4.69) is 31.1 Å². The van der Waals surface area contributed by atoms with Crippen molar-refractivity contribution in [2.45, 2.75) is 0 Å². The van der Waals surface area contributed by atoms with Crippen molar-refractivity contribution in [3.8, 4) is 0 Å². The Labute approximate surface area is 101 Å². The van der Waals surface area contributed by atoms with E-state index in [1.165, 1.54) is 0 Å². The van der Waals surface area contributed by atoms with E-state index in [-0.39, 0.29) is 5.91 Å². The summed E-state index contributed by atoms with van der Waals surface area (Å²) in [4.78, 5) is 11.8. The van der Waals surface area contributed by atoms with E-state index >= 15 is 0 Å². The van der Waals surface area contributed by atoms with E-state index in [1.54, 1.807) is 18.2 Å². The minimum atomic E-state index is -0.104. The second-order valence-electron chi connectivity index (χ2n) is 3.20. The molecule has 84 valence electrons. The Morgan fingerprint density at radius 3 is 2.69 bits per heavy atom. The molecule has 0 saturated heterocycles. The summed E-state index contributed by atoms with van der Waals surface area (Å²) in [5, 5.41) is 2.78. The van der Waals surface area contributed by atoms with Crippen LogP contribution < -0.4 is 5.32 Å². The van der Waals surface area contributed by atoms with Gasteiger partial charge in [-0.1, -0.05) is 37.4 Å². The maximum absolute atomic E-state index is 11.8. The van der Waals surface area contributed by atoms with E-state index in [0.717, 1.165) is 11.1 Å². The van der Waals surface area contributed by atoms with E-state index in [1.807, 2.05) is 12.1 Å². The number of carbonyl (C=O) groups is 1. The predicted octanol–water partition coefficient (Wildman–Crippen LogP) is 2.63. The Kier molecular flexibility index (Phi) is 4.86. The summed E-state index contributed by atoms with van der Waals surface area (Å²) in [6.45, 7) is 7.98. The van der Waals surface area contributed by atoms with Crippen LogP contribution in [0.2, 0.25) is 0 Å². The van der Waals surface area contributed by atoms with E-state index < -0.39 is 0 Å². The number of thiol groups is 1. The Hall–Kier alpha value is -1.48. The molecular weight excluding hydrogens is 218 g/mol. The van der Waals surface area contributed by atoms with Crippen molar-refractivity contribution in [3.63, 3.8) is 0 Å². The van der Waals surface area contributed by atoms with Gasteiger partial charge in [-0.05, 0) is 17.2 Å². The number of carbonyl (C=O) groups excluding carboxylic acids is 1. The first-order valence-electron chi connectivity index (χ1n) is 5.01. The van der Waals surface area contributed by atoms with Crippen molar-refractivity contribution in [1.29, 1.82) is 0 Å². The number of amides is 1. The molecule has 0 aliphatic rings. The molecule has 1 N–H and O–H groups in total. The normalized spacial score (nSPS) is 9.56. The molecule has 1 rings (SSSR count). The van der Waals surface area contributed by atoms with Gasteiger partial charge in [0.15, 0.2) is 0 Å². The molecule has 0 atom stereocenters. The molecule has 0 fully saturated rings. The highest BCUT2D eigenvalue weighted by molar-refractivity contribution is 7.80. The molecule has 0 unspecified atom stereocenters. The standard InChI is InChI=1S/C13H15NOS/c1-3-10-6-5-7-12(11(10)4-2)13(15)14-8-9-16/h3-7,16H,1-2,8-9H2,(H,14,15). The Bertz CT molecular complexity index is 412. The number of rotatable bonds is 5. The maximum Gasteiger partial charge on any atom is 0.251 e. The molecule has 1 amide bonds. The van der Waals surface area contributed by atoms with Crippen molar-refractivity contribution in [1.82, 2.24) is 5.32 Å². The molecule has 0 spiro atoms. The zero-order valence-electron chi connectivity index (χ0n) is 9.07. The van der Waals surface area contributed by atoms with Gasteiger partial charge in [0.05, 0.1) is 0 Å². The summed E-state index contributed by atoms with van der Waals surface area (Å²) in [6.07, 6.45) is 3.39. The molecule has 0 saturated carbocycles. The highest BCUT2D eigenvalue weighted by Crippen LogP contribution is 2.17. The third-order valence-electron chi connectivity index (χ3n) is 2.21. The van der Waals surface area contributed by atoms with Crippen LogP contribution in [0, 0.1) is 0 Å². The third-order valence-corrected chi connectivity index (χ3v) is 2.43. The molecule has 1 aromatic rings. The Morgan fingerprint density at radius 2 is 2.12 bits per heavy atom. The fraction of sp³-hybridized carbons (Fsp3) is 0.154. The van der Waals surface area contributed by atoms with Gasteiger partial charge in [0.25, 0.3) is 5.91 Å². The molecule has 3 heteroatoms. The second-order valence-corrected chi connectivity index (χ2v) is 3.64. The zero-order valence-corrected chi connectivity index (χ0v) is 9.97. The van der Waals surface area contributed by atoms with Crippen molar-refractivity contribution < 1.29 is 4.79 Å². The van der Waals surface area contributed by atoms with Crippen LogP contribution in [0.25, 0.3) is 12.2 Å². The monoisotopic (exact) mass is 233 g/mol. The summed E-state index contributed by atoms with van der Waals surface area (Å²) in [6, 6.07) is 5.51. The van der Waals surface area contributed by atoms with Gasteiger partial charge in [0.2, 0.25) is 0 Å². The van der Waals surface area contributed by atoms with Crippen molar-refractivity contribution >= 4 is 30.7 Å². The lowest BCUT2D eigenvalue weighted by Gasteiger charge is -2.09. The zero-order chi connectivity index (χ0) is 12.0. The molecule has 0 aliphatic carbocycles. The highest BCUT2D eigenvalue weighted by atomic mass is 32.1. The first-order valence-corrected chi connectivity index (χ1v) is 5.64. The number of nitrogens with one attached hydrogen (secondary N) is 1. The van der Waals surface area contributed by atoms with Gasteiger partial charge in [0.1, 0.15) is 0 Å². The summed E-state index contributed by atoms with van der Waals surface area (Å²) < 4.78 is 0. The lowest BCUT2D eigenvalue weighted by atomic mass is 10.0. The first-order chi connectivity index (χ1) is 7.74. The fourth-order valence-corrected chi connectivity index (χ4v) is 1.56. The highest BCUT2D eigenvalue weighted by Gasteiger charge is 2.10. The van der Waals surface area contributed by atoms with Crippen LogP contribution in [0.15, 0.2) is 31.4 Å². The minimum Gasteiger partial charge on any atom is -0.351 e. The first kappa shape index (κ1) is 12.6. The van der Waals surface area contributed by atoms with Gasteiger partial charge < -0.3 is 5.32 Å². The van der Waals surface area contributed by atoms with Crippen LogP contribution >= 0.6 is 12.6 Å². The van der Waals surface area contributed by atoms with Crippen LogP contribution in [0.4, 0.5) is 0 Å². The predicted molar refractivity (Wildman–Crippen MR) is 72.8 cm³/mol.